The van der Waals surface area contributed by atoms with Gasteiger partial charge in [-0.05, 0) is 19.1 Å². The van der Waals surface area contributed by atoms with Crippen LogP contribution in [0.3, 0.4) is 0 Å². The molecule has 6 nitrogen and oxygen atoms in total. The molecule has 0 aliphatic rings. The number of hydrogen-bond acceptors (Lipinski definition) is 3. The van der Waals surface area contributed by atoms with Gasteiger partial charge in [-0.25, -0.2) is 18.4 Å². The lowest BCUT2D eigenvalue weighted by molar-refractivity contribution is -0.134. The van der Waals surface area contributed by atoms with Crippen LogP contribution in [0.4, 0.5) is 8.78 Å². The summed E-state index contributed by atoms with van der Waals surface area (Å²) in [4.78, 5) is 19.1. The molecule has 0 aliphatic carbocycles. The third kappa shape index (κ3) is 5.87. The van der Waals surface area contributed by atoms with Gasteiger partial charge < -0.3 is 20.5 Å². The van der Waals surface area contributed by atoms with E-state index in [0.29, 0.717) is 29.6 Å². The molecule has 0 amide bonds. The average Bonchev–Trinajstić information content (AvgIpc) is 2.79. The fourth-order valence-electron chi connectivity index (χ4n) is 1.80. The lowest BCUT2D eigenvalue weighted by Crippen LogP contribution is -2.21. The predicted octanol–water partition coefficient (Wildman–Crippen LogP) is 1.98. The lowest BCUT2D eigenvalue weighted by atomic mass is 10.2. The minimum absolute atomic E-state index is 0.0197. The molecule has 0 saturated heterocycles. The Labute approximate surface area is 130 Å². The Morgan fingerprint density at radius 1 is 1.22 bits per heavy atom. The standard InChI is InChI=1S/C11H12F2N2.C4H4O4/c1-7(14)6-15-3-2-8-4-9(12)10(13)5-11(8)15;5-3(6)1-2-4(7)8/h2-5,7H,6,14H2,1H3;1-2H,(H,5,6)(H,7,8)/t7-;/m0./s1. The highest BCUT2D eigenvalue weighted by atomic mass is 19.2. The Morgan fingerprint density at radius 2 is 1.74 bits per heavy atom. The first kappa shape index (κ1) is 18.3. The number of aromatic nitrogens is 1. The molecule has 0 spiro atoms. The summed E-state index contributed by atoms with van der Waals surface area (Å²) in [5, 5.41) is 16.3. The highest BCUT2D eigenvalue weighted by Gasteiger charge is 2.08. The zero-order valence-electron chi connectivity index (χ0n) is 12.2. The molecule has 1 heterocycles. The molecule has 8 heteroatoms. The minimum Gasteiger partial charge on any atom is -0.478 e. The van der Waals surface area contributed by atoms with E-state index in [0.717, 1.165) is 0 Å². The normalized spacial score (nSPS) is 12.0. The van der Waals surface area contributed by atoms with E-state index in [2.05, 4.69) is 0 Å². The van der Waals surface area contributed by atoms with Crippen molar-refractivity contribution in [3.05, 3.63) is 48.2 Å². The number of carboxylic acids is 2. The lowest BCUT2D eigenvalue weighted by Gasteiger charge is -2.08. The van der Waals surface area contributed by atoms with Crippen LogP contribution in [0.2, 0.25) is 0 Å². The number of nitrogens with two attached hydrogens (primary N) is 1. The van der Waals surface area contributed by atoms with E-state index in [1.807, 2.05) is 11.5 Å². The molecule has 2 rings (SSSR count). The van der Waals surface area contributed by atoms with Crippen LogP contribution in [0.1, 0.15) is 6.92 Å². The van der Waals surface area contributed by atoms with E-state index in [1.54, 1.807) is 12.3 Å². The maximum absolute atomic E-state index is 13.0. The zero-order chi connectivity index (χ0) is 17.6. The molecule has 124 valence electrons. The molecule has 4 N–H and O–H groups in total. The van der Waals surface area contributed by atoms with Gasteiger partial charge in [-0.15, -0.1) is 0 Å². The smallest absolute Gasteiger partial charge is 0.328 e. The first-order valence-electron chi connectivity index (χ1n) is 6.54. The average molecular weight is 326 g/mol. The van der Waals surface area contributed by atoms with Crippen LogP contribution in [-0.2, 0) is 16.1 Å². The van der Waals surface area contributed by atoms with Gasteiger partial charge in [0.1, 0.15) is 0 Å². The molecule has 0 unspecified atom stereocenters. The maximum atomic E-state index is 13.0. The third-order valence-electron chi connectivity index (χ3n) is 2.67. The number of hydrogen-bond donors (Lipinski definition) is 3. The van der Waals surface area contributed by atoms with Crippen molar-refractivity contribution < 1.29 is 28.6 Å². The van der Waals surface area contributed by atoms with Crippen molar-refractivity contribution in [2.75, 3.05) is 0 Å². The molecule has 0 radical (unpaired) electrons. The molecule has 1 aromatic carbocycles. The highest BCUT2D eigenvalue weighted by molar-refractivity contribution is 5.89. The van der Waals surface area contributed by atoms with Crippen LogP contribution in [0.15, 0.2) is 36.5 Å². The predicted molar refractivity (Wildman–Crippen MR) is 79.9 cm³/mol. The van der Waals surface area contributed by atoms with Gasteiger partial charge in [0.15, 0.2) is 11.6 Å². The van der Waals surface area contributed by atoms with Gasteiger partial charge in [-0.1, -0.05) is 0 Å². The summed E-state index contributed by atoms with van der Waals surface area (Å²) in [6.07, 6.45) is 2.90. The molecular formula is C15H16F2N2O4. The van der Waals surface area contributed by atoms with Crippen molar-refractivity contribution in [2.24, 2.45) is 5.73 Å². The summed E-state index contributed by atoms with van der Waals surface area (Å²) in [6, 6.07) is 4.13. The van der Waals surface area contributed by atoms with Crippen LogP contribution in [-0.4, -0.2) is 32.8 Å². The summed E-state index contributed by atoms with van der Waals surface area (Å²) < 4.78 is 27.8. The van der Waals surface area contributed by atoms with Gasteiger partial charge in [0, 0.05) is 42.4 Å². The van der Waals surface area contributed by atoms with Gasteiger partial charge in [-0.2, -0.15) is 0 Å². The van der Waals surface area contributed by atoms with Gasteiger partial charge >= 0.3 is 11.9 Å². The first-order valence-corrected chi connectivity index (χ1v) is 6.54. The van der Waals surface area contributed by atoms with E-state index < -0.39 is 23.6 Å². The fourth-order valence-corrected chi connectivity index (χ4v) is 1.80. The Balaban J connectivity index is 0.000000284. The van der Waals surface area contributed by atoms with Gasteiger partial charge in [0.2, 0.25) is 0 Å². The fraction of sp³-hybridized carbons (Fsp3) is 0.200. The number of carbonyl (C=O) groups is 2. The van der Waals surface area contributed by atoms with Crippen molar-refractivity contribution in [3.8, 4) is 0 Å². The molecule has 0 fully saturated rings. The second-order valence-corrected chi connectivity index (χ2v) is 4.78. The monoisotopic (exact) mass is 326 g/mol. The SMILES string of the molecule is C[C@H](N)Cn1ccc2cc(F)c(F)cc21.O=C(O)C=CC(=O)O. The zero-order valence-corrected chi connectivity index (χ0v) is 12.2. The number of rotatable bonds is 4. The number of aliphatic carboxylic acids is 2. The van der Waals surface area contributed by atoms with Crippen molar-refractivity contribution in [2.45, 2.75) is 19.5 Å². The van der Waals surface area contributed by atoms with Crippen LogP contribution < -0.4 is 5.73 Å². The molecule has 1 aromatic heterocycles. The van der Waals surface area contributed by atoms with Gasteiger partial charge in [0.05, 0.1) is 5.52 Å². The largest absolute Gasteiger partial charge is 0.478 e. The number of nitrogens with zero attached hydrogens (tertiary/aromatic N) is 1. The Kier molecular flexibility index (Phi) is 6.40. The van der Waals surface area contributed by atoms with Crippen molar-refractivity contribution in [1.29, 1.82) is 0 Å². The second-order valence-electron chi connectivity index (χ2n) is 4.78. The van der Waals surface area contributed by atoms with Crippen molar-refractivity contribution in [1.82, 2.24) is 4.57 Å². The van der Waals surface area contributed by atoms with Crippen molar-refractivity contribution >= 4 is 22.8 Å². The van der Waals surface area contributed by atoms with E-state index in [-0.39, 0.29) is 6.04 Å². The van der Waals surface area contributed by atoms with Crippen LogP contribution >= 0.6 is 0 Å². The molecule has 0 aliphatic heterocycles. The summed E-state index contributed by atoms with van der Waals surface area (Å²) in [5.41, 5.74) is 6.33. The molecular weight excluding hydrogens is 310 g/mol. The van der Waals surface area contributed by atoms with Crippen LogP contribution in [0.25, 0.3) is 10.9 Å². The number of halogens is 2. The molecule has 23 heavy (non-hydrogen) atoms. The van der Waals surface area contributed by atoms with Gasteiger partial charge in [0.25, 0.3) is 0 Å². The summed E-state index contributed by atoms with van der Waals surface area (Å²) in [7, 11) is 0. The van der Waals surface area contributed by atoms with E-state index in [9.17, 15) is 18.4 Å². The maximum Gasteiger partial charge on any atom is 0.328 e. The third-order valence-corrected chi connectivity index (χ3v) is 2.67. The van der Waals surface area contributed by atoms with Crippen molar-refractivity contribution in [3.63, 3.8) is 0 Å². The molecule has 0 bridgehead atoms. The quantitative estimate of drug-likeness (QED) is 0.745. The van der Waals surface area contributed by atoms with Crippen LogP contribution in [0, 0.1) is 11.6 Å². The Bertz CT molecular complexity index is 722. The van der Waals surface area contributed by atoms with E-state index in [4.69, 9.17) is 15.9 Å². The molecule has 2 aromatic rings. The number of carboxylic acid groups (broad SMARTS) is 2. The van der Waals surface area contributed by atoms with Crippen LogP contribution in [0.5, 0.6) is 0 Å². The minimum atomic E-state index is -1.26. The Hall–Kier alpha value is -2.74. The summed E-state index contributed by atoms with van der Waals surface area (Å²) in [6.45, 7) is 2.46. The molecule has 1 atom stereocenters. The number of fused-ring (bicyclic) bond motifs is 1. The van der Waals surface area contributed by atoms with Gasteiger partial charge in [-0.3, -0.25) is 0 Å². The summed E-state index contributed by atoms with van der Waals surface area (Å²) >= 11 is 0. The first-order chi connectivity index (χ1) is 10.7. The Morgan fingerprint density at radius 3 is 2.22 bits per heavy atom. The number of benzene rings is 1. The van der Waals surface area contributed by atoms with E-state index >= 15 is 0 Å². The highest BCUT2D eigenvalue weighted by Crippen LogP contribution is 2.19. The van der Waals surface area contributed by atoms with E-state index in [1.165, 1.54) is 12.1 Å². The second kappa shape index (κ2) is 8.04. The molecule has 0 saturated carbocycles. The topological polar surface area (TPSA) is 106 Å². The summed E-state index contributed by atoms with van der Waals surface area (Å²) in [5.74, 6) is -4.16.